The first-order valence-corrected chi connectivity index (χ1v) is 7.91. The molecular formula is C13H17N3O2S. The van der Waals surface area contributed by atoms with Crippen molar-refractivity contribution in [3.63, 3.8) is 0 Å². The van der Waals surface area contributed by atoms with Crippen molar-refractivity contribution in [3.8, 4) is 0 Å². The molecule has 0 amide bonds. The summed E-state index contributed by atoms with van der Waals surface area (Å²) in [6.07, 6.45) is 3.61. The van der Waals surface area contributed by atoms with Crippen molar-refractivity contribution >= 4 is 10.0 Å². The molecule has 2 aromatic rings. The normalized spacial score (nSPS) is 14.2. The molecule has 0 spiro atoms. The Bertz CT molecular complexity index is 570. The van der Waals surface area contributed by atoms with Crippen molar-refractivity contribution in [1.82, 2.24) is 14.5 Å². The molecule has 2 heterocycles. The Morgan fingerprint density at radius 3 is 2.21 bits per heavy atom. The van der Waals surface area contributed by atoms with E-state index in [1.807, 2.05) is 36.4 Å². The highest BCUT2D eigenvalue weighted by Gasteiger charge is 2.16. The van der Waals surface area contributed by atoms with Gasteiger partial charge in [-0.15, -0.1) is 0 Å². The van der Waals surface area contributed by atoms with Gasteiger partial charge in [-0.3, -0.25) is 0 Å². The van der Waals surface area contributed by atoms with Gasteiger partial charge in [0.1, 0.15) is 0 Å². The molecule has 0 bridgehead atoms. The highest BCUT2D eigenvalue weighted by atomic mass is 32.2. The van der Waals surface area contributed by atoms with Gasteiger partial charge in [-0.2, -0.15) is 9.19 Å². The second-order valence-corrected chi connectivity index (χ2v) is 6.16. The molecule has 3 rings (SSSR count). The molecule has 0 unspecified atom stereocenters. The van der Waals surface area contributed by atoms with Crippen LogP contribution in [-0.4, -0.2) is 30.4 Å². The number of fused-ring (bicyclic) bond motifs is 1. The lowest BCUT2D eigenvalue weighted by molar-refractivity contribution is 0.583. The van der Waals surface area contributed by atoms with Crippen LogP contribution in [0.3, 0.4) is 0 Å². The first-order valence-electron chi connectivity index (χ1n) is 6.06. The topological polar surface area (TPSA) is 64.0 Å². The minimum absolute atomic E-state index is 0.665. The maximum absolute atomic E-state index is 11.1. The minimum Gasteiger partial charge on any atom is -0.311 e. The summed E-state index contributed by atoms with van der Waals surface area (Å²) < 4.78 is 23.3. The zero-order chi connectivity index (χ0) is 13.7. The van der Waals surface area contributed by atoms with E-state index in [-0.39, 0.29) is 0 Å². The van der Waals surface area contributed by atoms with Crippen LogP contribution in [0.4, 0.5) is 0 Å². The molecule has 0 saturated heterocycles. The molecule has 0 radical (unpaired) electrons. The fraction of sp³-hybridized carbons (Fsp3) is 0.308. The Morgan fingerprint density at radius 1 is 1.16 bits per heavy atom. The van der Waals surface area contributed by atoms with Crippen LogP contribution in [-0.2, 0) is 23.0 Å². The number of nitrogens with one attached hydrogen (secondary N) is 1. The van der Waals surface area contributed by atoms with E-state index in [0.717, 1.165) is 34.6 Å². The van der Waals surface area contributed by atoms with E-state index in [1.165, 1.54) is 0 Å². The van der Waals surface area contributed by atoms with Crippen LogP contribution in [0.2, 0.25) is 0 Å². The SMILES string of the molecule is CS(=O)(=O)n1cc2c(n1)CNCC2.c1ccccc1. The average molecular weight is 279 g/mol. The van der Waals surface area contributed by atoms with Gasteiger partial charge in [0.25, 0.3) is 10.0 Å². The number of hydrogen-bond donors (Lipinski definition) is 1. The van der Waals surface area contributed by atoms with Gasteiger partial charge < -0.3 is 5.32 Å². The predicted octanol–water partition coefficient (Wildman–Crippen LogP) is 1.02. The largest absolute Gasteiger partial charge is 0.311 e. The van der Waals surface area contributed by atoms with Gasteiger partial charge in [0, 0.05) is 12.7 Å². The minimum atomic E-state index is -3.22. The zero-order valence-corrected chi connectivity index (χ0v) is 11.6. The number of rotatable bonds is 1. The molecule has 1 aliphatic rings. The molecule has 1 N–H and O–H groups in total. The monoisotopic (exact) mass is 279 g/mol. The lowest BCUT2D eigenvalue weighted by Gasteiger charge is -2.09. The summed E-state index contributed by atoms with van der Waals surface area (Å²) in [5.74, 6) is 0. The van der Waals surface area contributed by atoms with Crippen LogP contribution in [0.15, 0.2) is 42.6 Å². The van der Waals surface area contributed by atoms with Gasteiger partial charge >= 0.3 is 0 Å². The highest BCUT2D eigenvalue weighted by molar-refractivity contribution is 7.89. The van der Waals surface area contributed by atoms with E-state index < -0.39 is 10.0 Å². The Kier molecular flexibility index (Phi) is 4.34. The smallest absolute Gasteiger partial charge is 0.250 e. The number of benzene rings is 1. The van der Waals surface area contributed by atoms with Crippen LogP contribution in [0, 0.1) is 0 Å². The maximum Gasteiger partial charge on any atom is 0.250 e. The maximum atomic E-state index is 11.1. The quantitative estimate of drug-likeness (QED) is 0.846. The summed E-state index contributed by atoms with van der Waals surface area (Å²) >= 11 is 0. The first-order chi connectivity index (χ1) is 9.07. The third kappa shape index (κ3) is 3.90. The van der Waals surface area contributed by atoms with Crippen molar-refractivity contribution in [1.29, 1.82) is 0 Å². The second-order valence-electron chi connectivity index (χ2n) is 4.32. The Labute approximate surface area is 113 Å². The molecule has 6 heteroatoms. The fourth-order valence-corrected chi connectivity index (χ4v) is 2.33. The fourth-order valence-electron chi connectivity index (χ4n) is 1.76. The molecule has 102 valence electrons. The van der Waals surface area contributed by atoms with E-state index in [1.54, 1.807) is 6.20 Å². The third-order valence-electron chi connectivity index (χ3n) is 2.73. The molecular weight excluding hydrogens is 262 g/mol. The van der Waals surface area contributed by atoms with Crippen molar-refractivity contribution in [2.24, 2.45) is 0 Å². The number of nitrogens with zero attached hydrogens (tertiary/aromatic N) is 2. The molecule has 0 fully saturated rings. The zero-order valence-electron chi connectivity index (χ0n) is 10.8. The van der Waals surface area contributed by atoms with Gasteiger partial charge in [-0.05, 0) is 18.5 Å². The van der Waals surface area contributed by atoms with E-state index in [0.29, 0.717) is 6.54 Å². The lowest BCUT2D eigenvalue weighted by atomic mass is 10.1. The molecule has 0 atom stereocenters. The summed E-state index contributed by atoms with van der Waals surface area (Å²) in [6, 6.07) is 12.0. The second kappa shape index (κ2) is 5.99. The molecule has 1 aromatic carbocycles. The first kappa shape index (κ1) is 13.8. The molecule has 0 saturated carbocycles. The Balaban J connectivity index is 0.000000186. The standard InChI is InChI=1S/C7H11N3O2S.C6H6/c1-13(11,12)10-5-6-2-3-8-4-7(6)9-10;1-2-4-6-5-3-1/h5,8H,2-4H2,1H3;1-6H. The van der Waals surface area contributed by atoms with E-state index in [4.69, 9.17) is 0 Å². The van der Waals surface area contributed by atoms with Crippen molar-refractivity contribution in [2.45, 2.75) is 13.0 Å². The summed E-state index contributed by atoms with van der Waals surface area (Å²) in [7, 11) is -3.22. The van der Waals surface area contributed by atoms with Crippen molar-refractivity contribution < 1.29 is 8.42 Å². The van der Waals surface area contributed by atoms with E-state index in [2.05, 4.69) is 10.4 Å². The van der Waals surface area contributed by atoms with Gasteiger partial charge in [0.2, 0.25) is 0 Å². The Morgan fingerprint density at radius 2 is 1.74 bits per heavy atom. The summed E-state index contributed by atoms with van der Waals surface area (Å²) in [4.78, 5) is 0. The average Bonchev–Trinajstić information content (AvgIpc) is 2.85. The van der Waals surface area contributed by atoms with Crippen LogP contribution in [0.5, 0.6) is 0 Å². The van der Waals surface area contributed by atoms with Crippen molar-refractivity contribution in [3.05, 3.63) is 53.9 Å². The summed E-state index contributed by atoms with van der Waals surface area (Å²) in [5.41, 5.74) is 1.88. The molecule has 19 heavy (non-hydrogen) atoms. The van der Waals surface area contributed by atoms with E-state index >= 15 is 0 Å². The molecule has 1 aromatic heterocycles. The van der Waals surface area contributed by atoms with Crippen LogP contribution < -0.4 is 5.32 Å². The van der Waals surface area contributed by atoms with Crippen LogP contribution in [0.1, 0.15) is 11.3 Å². The number of aromatic nitrogens is 2. The summed E-state index contributed by atoms with van der Waals surface area (Å²) in [6.45, 7) is 1.56. The van der Waals surface area contributed by atoms with Crippen molar-refractivity contribution in [2.75, 3.05) is 12.8 Å². The van der Waals surface area contributed by atoms with Crippen LogP contribution >= 0.6 is 0 Å². The summed E-state index contributed by atoms with van der Waals surface area (Å²) in [5, 5.41) is 7.12. The number of hydrogen-bond acceptors (Lipinski definition) is 4. The van der Waals surface area contributed by atoms with Gasteiger partial charge in [-0.1, -0.05) is 36.4 Å². The molecule has 1 aliphatic heterocycles. The molecule has 0 aliphatic carbocycles. The van der Waals surface area contributed by atoms with Gasteiger partial charge in [-0.25, -0.2) is 8.42 Å². The van der Waals surface area contributed by atoms with E-state index in [9.17, 15) is 8.42 Å². The highest BCUT2D eigenvalue weighted by Crippen LogP contribution is 2.12. The lowest BCUT2D eigenvalue weighted by Crippen LogP contribution is -2.23. The van der Waals surface area contributed by atoms with Gasteiger partial charge in [0.15, 0.2) is 0 Å². The third-order valence-corrected chi connectivity index (χ3v) is 3.59. The Hall–Kier alpha value is -1.66. The predicted molar refractivity (Wildman–Crippen MR) is 74.3 cm³/mol. The molecule has 5 nitrogen and oxygen atoms in total. The van der Waals surface area contributed by atoms with Gasteiger partial charge in [0.05, 0.1) is 11.9 Å². The van der Waals surface area contributed by atoms with Crippen LogP contribution in [0.25, 0.3) is 0 Å².